The third-order valence-corrected chi connectivity index (χ3v) is 4.46. The second-order valence-electron chi connectivity index (χ2n) is 3.73. The first-order valence-corrected chi connectivity index (χ1v) is 6.29. The highest BCUT2D eigenvalue weighted by molar-refractivity contribution is 7.89. The van der Waals surface area contributed by atoms with Crippen LogP contribution < -0.4 is 0 Å². The first-order chi connectivity index (χ1) is 7.51. The molecule has 3 nitrogen and oxygen atoms in total. The molecule has 6 heteroatoms. The third kappa shape index (κ3) is 1.94. The standard InChI is InChI=1S/C10H11F2NO2S/c11-10(12)8-6-13(7-8)16(14,15)9-4-2-1-3-5-9/h1-5,8,10H,6-7H2. The van der Waals surface area contributed by atoms with E-state index in [0.717, 1.165) is 4.31 Å². The van der Waals surface area contributed by atoms with E-state index in [4.69, 9.17) is 0 Å². The average Bonchev–Trinajstić information content (AvgIpc) is 2.15. The highest BCUT2D eigenvalue weighted by atomic mass is 32.2. The van der Waals surface area contributed by atoms with Crippen molar-refractivity contribution in [1.29, 1.82) is 0 Å². The topological polar surface area (TPSA) is 37.4 Å². The molecule has 0 spiro atoms. The monoisotopic (exact) mass is 247 g/mol. The van der Waals surface area contributed by atoms with E-state index in [1.54, 1.807) is 18.2 Å². The van der Waals surface area contributed by atoms with Gasteiger partial charge >= 0.3 is 0 Å². The number of benzene rings is 1. The molecule has 1 fully saturated rings. The molecule has 0 radical (unpaired) electrons. The molecular weight excluding hydrogens is 236 g/mol. The minimum absolute atomic E-state index is 0.0884. The fourth-order valence-corrected chi connectivity index (χ4v) is 3.14. The molecule has 0 aromatic heterocycles. The van der Waals surface area contributed by atoms with Crippen molar-refractivity contribution >= 4 is 10.0 Å². The smallest absolute Gasteiger partial charge is 0.210 e. The number of hydrogen-bond acceptors (Lipinski definition) is 2. The number of nitrogens with zero attached hydrogens (tertiary/aromatic N) is 1. The molecule has 1 aliphatic rings. The van der Waals surface area contributed by atoms with Gasteiger partial charge in [0.1, 0.15) is 0 Å². The highest BCUT2D eigenvalue weighted by Gasteiger charge is 2.40. The minimum atomic E-state index is -3.57. The van der Waals surface area contributed by atoms with Gasteiger partial charge in [-0.2, -0.15) is 4.31 Å². The molecule has 0 amide bonds. The van der Waals surface area contributed by atoms with Gasteiger partial charge in [0, 0.05) is 19.0 Å². The summed E-state index contributed by atoms with van der Waals surface area (Å²) >= 11 is 0. The lowest BCUT2D eigenvalue weighted by Crippen LogP contribution is -2.52. The van der Waals surface area contributed by atoms with Gasteiger partial charge in [-0.1, -0.05) is 18.2 Å². The average molecular weight is 247 g/mol. The summed E-state index contributed by atoms with van der Waals surface area (Å²) in [6.07, 6.45) is -2.44. The van der Waals surface area contributed by atoms with Crippen LogP contribution in [0.2, 0.25) is 0 Å². The van der Waals surface area contributed by atoms with E-state index in [9.17, 15) is 17.2 Å². The quantitative estimate of drug-likeness (QED) is 0.813. The van der Waals surface area contributed by atoms with Crippen LogP contribution in [0.25, 0.3) is 0 Å². The lowest BCUT2D eigenvalue weighted by Gasteiger charge is -2.37. The zero-order valence-electron chi connectivity index (χ0n) is 8.38. The first-order valence-electron chi connectivity index (χ1n) is 4.85. The summed E-state index contributed by atoms with van der Waals surface area (Å²) in [6.45, 7) is -0.177. The predicted octanol–water partition coefficient (Wildman–Crippen LogP) is 1.57. The Morgan fingerprint density at radius 3 is 2.25 bits per heavy atom. The Labute approximate surface area is 92.7 Å². The molecule has 1 heterocycles. The van der Waals surface area contributed by atoms with E-state index in [0.29, 0.717) is 0 Å². The van der Waals surface area contributed by atoms with Gasteiger partial charge in [-0.15, -0.1) is 0 Å². The maximum atomic E-state index is 12.2. The number of hydrogen-bond donors (Lipinski definition) is 0. The normalized spacial score (nSPS) is 18.7. The Morgan fingerprint density at radius 1 is 1.19 bits per heavy atom. The molecule has 1 aliphatic heterocycles. The Hall–Kier alpha value is -1.01. The molecule has 0 saturated carbocycles. The summed E-state index contributed by atoms with van der Waals surface area (Å²) in [7, 11) is -3.57. The van der Waals surface area contributed by atoms with Crippen LogP contribution >= 0.6 is 0 Å². The van der Waals surface area contributed by atoms with Gasteiger partial charge < -0.3 is 0 Å². The highest BCUT2D eigenvalue weighted by Crippen LogP contribution is 2.28. The Kier molecular flexibility index (Phi) is 2.94. The van der Waals surface area contributed by atoms with Crippen LogP contribution in [0.15, 0.2) is 35.2 Å². The Balaban J connectivity index is 2.12. The number of halogens is 2. The van der Waals surface area contributed by atoms with Crippen LogP contribution in [0.1, 0.15) is 0 Å². The van der Waals surface area contributed by atoms with E-state index >= 15 is 0 Å². The van der Waals surface area contributed by atoms with E-state index in [1.807, 2.05) is 0 Å². The molecule has 88 valence electrons. The molecule has 1 aromatic carbocycles. The van der Waals surface area contributed by atoms with Crippen LogP contribution in [0.5, 0.6) is 0 Å². The number of sulfonamides is 1. The van der Waals surface area contributed by atoms with Gasteiger partial charge in [0.2, 0.25) is 16.4 Å². The van der Waals surface area contributed by atoms with Crippen molar-refractivity contribution in [1.82, 2.24) is 4.31 Å². The largest absolute Gasteiger partial charge is 0.243 e. The minimum Gasteiger partial charge on any atom is -0.210 e. The second kappa shape index (κ2) is 4.10. The summed E-state index contributed by atoms with van der Waals surface area (Å²) in [5.41, 5.74) is 0. The molecule has 0 bridgehead atoms. The molecular formula is C10H11F2NO2S. The SMILES string of the molecule is O=S(=O)(c1ccccc1)N1CC(C(F)F)C1. The second-order valence-corrected chi connectivity index (χ2v) is 5.67. The number of rotatable bonds is 3. The van der Waals surface area contributed by atoms with Crippen molar-refractivity contribution in [3.8, 4) is 0 Å². The molecule has 1 saturated heterocycles. The molecule has 0 unspecified atom stereocenters. The fraction of sp³-hybridized carbons (Fsp3) is 0.400. The lowest BCUT2D eigenvalue weighted by atomic mass is 10.1. The van der Waals surface area contributed by atoms with Gasteiger partial charge in [-0.3, -0.25) is 0 Å². The summed E-state index contributed by atoms with van der Waals surface area (Å²) < 4.78 is 49.3. The molecule has 16 heavy (non-hydrogen) atoms. The van der Waals surface area contributed by atoms with E-state index < -0.39 is 22.4 Å². The summed E-state index contributed by atoms with van der Waals surface area (Å²) in [5.74, 6) is -0.821. The maximum absolute atomic E-state index is 12.2. The van der Waals surface area contributed by atoms with Crippen LogP contribution in [-0.2, 0) is 10.0 Å². The first kappa shape index (κ1) is 11.5. The molecule has 0 aliphatic carbocycles. The van der Waals surface area contributed by atoms with Crippen LogP contribution in [0.4, 0.5) is 8.78 Å². The van der Waals surface area contributed by atoms with E-state index in [-0.39, 0.29) is 18.0 Å². The van der Waals surface area contributed by atoms with Crippen molar-refractivity contribution in [2.75, 3.05) is 13.1 Å². The third-order valence-electron chi connectivity index (χ3n) is 2.61. The van der Waals surface area contributed by atoms with Crippen molar-refractivity contribution in [2.45, 2.75) is 11.3 Å². The maximum Gasteiger partial charge on any atom is 0.243 e. The summed E-state index contributed by atoms with van der Waals surface area (Å²) in [5, 5.41) is 0. The summed E-state index contributed by atoms with van der Waals surface area (Å²) in [4.78, 5) is 0.155. The molecule has 1 aromatic rings. The van der Waals surface area contributed by atoms with E-state index in [1.165, 1.54) is 12.1 Å². The lowest BCUT2D eigenvalue weighted by molar-refractivity contribution is 0.0123. The van der Waals surface area contributed by atoms with E-state index in [2.05, 4.69) is 0 Å². The van der Waals surface area contributed by atoms with Crippen molar-refractivity contribution in [3.63, 3.8) is 0 Å². The predicted molar refractivity (Wildman–Crippen MR) is 54.7 cm³/mol. The molecule has 2 rings (SSSR count). The zero-order valence-corrected chi connectivity index (χ0v) is 9.20. The van der Waals surface area contributed by atoms with Gasteiger partial charge in [-0.25, -0.2) is 17.2 Å². The van der Waals surface area contributed by atoms with Crippen LogP contribution in [0.3, 0.4) is 0 Å². The molecule has 0 atom stereocenters. The van der Waals surface area contributed by atoms with Crippen molar-refractivity contribution < 1.29 is 17.2 Å². The van der Waals surface area contributed by atoms with Crippen LogP contribution in [0, 0.1) is 5.92 Å². The van der Waals surface area contributed by atoms with Crippen molar-refractivity contribution in [2.24, 2.45) is 5.92 Å². The summed E-state index contributed by atoms with van der Waals surface area (Å²) in [6, 6.07) is 7.85. The zero-order chi connectivity index (χ0) is 11.8. The molecule has 0 N–H and O–H groups in total. The van der Waals surface area contributed by atoms with Crippen LogP contribution in [-0.4, -0.2) is 32.2 Å². The van der Waals surface area contributed by atoms with Crippen molar-refractivity contribution in [3.05, 3.63) is 30.3 Å². The number of alkyl halides is 2. The Bertz CT molecular complexity index is 455. The van der Waals surface area contributed by atoms with Gasteiger partial charge in [0.05, 0.1) is 4.90 Å². The van der Waals surface area contributed by atoms with Gasteiger partial charge in [0.15, 0.2) is 0 Å². The Morgan fingerprint density at radius 2 is 1.75 bits per heavy atom. The van der Waals surface area contributed by atoms with Gasteiger partial charge in [0.25, 0.3) is 0 Å². The fourth-order valence-electron chi connectivity index (χ4n) is 1.57. The van der Waals surface area contributed by atoms with Gasteiger partial charge in [-0.05, 0) is 12.1 Å².